The topological polar surface area (TPSA) is 105 Å². The fourth-order valence-electron chi connectivity index (χ4n) is 1.82. The van der Waals surface area contributed by atoms with Crippen LogP contribution in [0.5, 0.6) is 0 Å². The Hall–Kier alpha value is -2.00. The predicted octanol–water partition coefficient (Wildman–Crippen LogP) is 1.38. The monoisotopic (exact) mass is 308 g/mol. The van der Waals surface area contributed by atoms with E-state index in [0.29, 0.717) is 24.4 Å². The summed E-state index contributed by atoms with van der Waals surface area (Å²) in [6.07, 6.45) is 0. The molecule has 0 amide bonds. The van der Waals surface area contributed by atoms with E-state index in [1.54, 1.807) is 11.3 Å². The van der Waals surface area contributed by atoms with E-state index in [4.69, 9.17) is 5.84 Å². The Morgan fingerprint density at radius 2 is 1.86 bits per heavy atom. The summed E-state index contributed by atoms with van der Waals surface area (Å²) in [4.78, 5) is 19.3. The fourth-order valence-corrected chi connectivity index (χ4v) is 2.43. The van der Waals surface area contributed by atoms with Crippen molar-refractivity contribution < 1.29 is 0 Å². The Morgan fingerprint density at radius 1 is 1.14 bits per heavy atom. The molecule has 0 fully saturated rings. The highest BCUT2D eigenvalue weighted by molar-refractivity contribution is 7.09. The van der Waals surface area contributed by atoms with Crippen LogP contribution in [0.25, 0.3) is 0 Å². The minimum Gasteiger partial charge on any atom is -0.348 e. The van der Waals surface area contributed by atoms with Gasteiger partial charge in [-0.25, -0.2) is 10.8 Å². The van der Waals surface area contributed by atoms with Crippen LogP contribution >= 0.6 is 11.3 Å². The SMILES string of the molecule is CCN(CC)c1nc(NN)nc(NCc2csc(C)n2)n1. The molecule has 4 N–H and O–H groups in total. The number of hydrazine groups is 1. The first kappa shape index (κ1) is 15.4. The molecule has 0 spiro atoms. The van der Waals surface area contributed by atoms with Gasteiger partial charge in [-0.15, -0.1) is 11.3 Å². The van der Waals surface area contributed by atoms with Gasteiger partial charge in [0, 0.05) is 18.5 Å². The third-order valence-electron chi connectivity index (χ3n) is 2.89. The molecule has 0 aromatic carbocycles. The van der Waals surface area contributed by atoms with E-state index >= 15 is 0 Å². The molecule has 114 valence electrons. The van der Waals surface area contributed by atoms with Gasteiger partial charge >= 0.3 is 0 Å². The van der Waals surface area contributed by atoms with Crippen LogP contribution in [0.2, 0.25) is 0 Å². The zero-order valence-corrected chi connectivity index (χ0v) is 13.2. The van der Waals surface area contributed by atoms with E-state index < -0.39 is 0 Å². The van der Waals surface area contributed by atoms with Gasteiger partial charge in [-0.3, -0.25) is 5.43 Å². The van der Waals surface area contributed by atoms with Crippen LogP contribution in [-0.2, 0) is 6.54 Å². The molecule has 2 aromatic rings. The third kappa shape index (κ3) is 3.99. The normalized spacial score (nSPS) is 10.5. The second-order valence-corrected chi connectivity index (χ2v) is 5.37. The van der Waals surface area contributed by atoms with Crippen LogP contribution in [-0.4, -0.2) is 33.0 Å². The van der Waals surface area contributed by atoms with Gasteiger partial charge in [-0.05, 0) is 20.8 Å². The van der Waals surface area contributed by atoms with E-state index in [-0.39, 0.29) is 0 Å². The quantitative estimate of drug-likeness (QED) is 0.520. The summed E-state index contributed by atoms with van der Waals surface area (Å²) < 4.78 is 0. The number of aromatic nitrogens is 4. The molecule has 0 saturated heterocycles. The van der Waals surface area contributed by atoms with Crippen molar-refractivity contribution >= 4 is 29.2 Å². The number of hydrogen-bond acceptors (Lipinski definition) is 9. The maximum Gasteiger partial charge on any atom is 0.243 e. The molecule has 0 saturated carbocycles. The second kappa shape index (κ2) is 7.14. The van der Waals surface area contributed by atoms with Crippen LogP contribution in [0.1, 0.15) is 24.5 Å². The van der Waals surface area contributed by atoms with E-state index in [2.05, 4.69) is 30.7 Å². The number of hydrogen-bond donors (Lipinski definition) is 3. The average Bonchev–Trinajstić information content (AvgIpc) is 2.92. The summed E-state index contributed by atoms with van der Waals surface area (Å²) in [6, 6.07) is 0. The first-order valence-electron chi connectivity index (χ1n) is 6.78. The Labute approximate surface area is 127 Å². The molecule has 0 aliphatic heterocycles. The Bertz CT molecular complexity index is 580. The lowest BCUT2D eigenvalue weighted by Gasteiger charge is -2.19. The summed E-state index contributed by atoms with van der Waals surface area (Å²) in [5.41, 5.74) is 3.43. The molecule has 2 aromatic heterocycles. The lowest BCUT2D eigenvalue weighted by Crippen LogP contribution is -2.26. The van der Waals surface area contributed by atoms with Gasteiger partial charge in [0.25, 0.3) is 0 Å². The van der Waals surface area contributed by atoms with Crippen molar-refractivity contribution in [3.63, 3.8) is 0 Å². The predicted molar refractivity (Wildman–Crippen MR) is 85.4 cm³/mol. The van der Waals surface area contributed by atoms with Gasteiger partial charge in [0.1, 0.15) is 0 Å². The molecule has 21 heavy (non-hydrogen) atoms. The summed E-state index contributed by atoms with van der Waals surface area (Å²) in [6.45, 7) is 8.27. The molecule has 2 rings (SSSR count). The molecular weight excluding hydrogens is 288 g/mol. The standard InChI is InChI=1S/C12H20N8S/c1-4-20(5-2)12-17-10(16-11(18-12)19-13)14-6-9-7-21-8(3)15-9/h7H,4-6,13H2,1-3H3,(H2,14,16,17,18,19). The summed E-state index contributed by atoms with van der Waals surface area (Å²) >= 11 is 1.62. The number of thiazole rings is 1. The van der Waals surface area contributed by atoms with Gasteiger partial charge in [0.2, 0.25) is 17.8 Å². The van der Waals surface area contributed by atoms with Gasteiger partial charge in [-0.1, -0.05) is 0 Å². The van der Waals surface area contributed by atoms with Crippen molar-refractivity contribution in [1.82, 2.24) is 19.9 Å². The minimum absolute atomic E-state index is 0.337. The van der Waals surface area contributed by atoms with Crippen LogP contribution in [0.4, 0.5) is 17.8 Å². The maximum atomic E-state index is 5.42. The van der Waals surface area contributed by atoms with Crippen molar-refractivity contribution in [2.45, 2.75) is 27.3 Å². The van der Waals surface area contributed by atoms with Crippen LogP contribution in [0.3, 0.4) is 0 Å². The molecule has 8 nitrogen and oxygen atoms in total. The van der Waals surface area contributed by atoms with Gasteiger partial charge in [0.05, 0.1) is 17.2 Å². The van der Waals surface area contributed by atoms with Crippen molar-refractivity contribution in [1.29, 1.82) is 0 Å². The lowest BCUT2D eigenvalue weighted by atomic mass is 10.5. The number of anilines is 3. The summed E-state index contributed by atoms with van der Waals surface area (Å²) in [7, 11) is 0. The van der Waals surface area contributed by atoms with Gasteiger partial charge in [0.15, 0.2) is 0 Å². The highest BCUT2D eigenvalue weighted by atomic mass is 32.1. The molecule has 2 heterocycles. The zero-order valence-electron chi connectivity index (χ0n) is 12.4. The number of rotatable bonds is 7. The smallest absolute Gasteiger partial charge is 0.243 e. The summed E-state index contributed by atoms with van der Waals surface area (Å²) in [5.74, 6) is 6.83. The first-order chi connectivity index (χ1) is 10.2. The molecule has 0 unspecified atom stereocenters. The Kier molecular flexibility index (Phi) is 5.23. The number of aryl methyl sites for hydroxylation is 1. The lowest BCUT2D eigenvalue weighted by molar-refractivity contribution is 0.811. The zero-order chi connectivity index (χ0) is 15.2. The van der Waals surface area contributed by atoms with E-state index in [1.165, 1.54) is 0 Å². The molecule has 9 heteroatoms. The van der Waals surface area contributed by atoms with Crippen molar-refractivity contribution in [2.75, 3.05) is 28.7 Å². The van der Waals surface area contributed by atoms with E-state index in [1.807, 2.05) is 31.1 Å². The minimum atomic E-state index is 0.337. The van der Waals surface area contributed by atoms with Crippen molar-refractivity contribution in [2.24, 2.45) is 5.84 Å². The Balaban J connectivity index is 2.16. The molecule has 0 bridgehead atoms. The molecule has 0 aliphatic carbocycles. The largest absolute Gasteiger partial charge is 0.348 e. The van der Waals surface area contributed by atoms with Gasteiger partial charge in [-0.2, -0.15) is 15.0 Å². The first-order valence-corrected chi connectivity index (χ1v) is 7.66. The highest BCUT2D eigenvalue weighted by Crippen LogP contribution is 2.14. The van der Waals surface area contributed by atoms with Crippen LogP contribution < -0.4 is 21.5 Å². The summed E-state index contributed by atoms with van der Waals surface area (Å²) in [5, 5.41) is 6.20. The highest BCUT2D eigenvalue weighted by Gasteiger charge is 2.10. The van der Waals surface area contributed by atoms with Crippen LogP contribution in [0, 0.1) is 6.92 Å². The number of nitrogens with zero attached hydrogens (tertiary/aromatic N) is 5. The fraction of sp³-hybridized carbons (Fsp3) is 0.500. The van der Waals surface area contributed by atoms with Gasteiger partial charge < -0.3 is 10.2 Å². The number of nitrogens with two attached hydrogens (primary N) is 1. The van der Waals surface area contributed by atoms with E-state index in [9.17, 15) is 0 Å². The van der Waals surface area contributed by atoms with Crippen LogP contribution in [0.15, 0.2) is 5.38 Å². The Morgan fingerprint density at radius 3 is 2.43 bits per heavy atom. The van der Waals surface area contributed by atoms with E-state index in [0.717, 1.165) is 23.8 Å². The molecular formula is C12H20N8S. The third-order valence-corrected chi connectivity index (χ3v) is 3.72. The average molecular weight is 308 g/mol. The number of nitrogen functional groups attached to an aromatic ring is 1. The number of nitrogens with one attached hydrogen (secondary N) is 2. The maximum absolute atomic E-state index is 5.42. The second-order valence-electron chi connectivity index (χ2n) is 4.31. The van der Waals surface area contributed by atoms with Crippen molar-refractivity contribution in [3.8, 4) is 0 Å². The molecule has 0 radical (unpaired) electrons. The molecule has 0 aliphatic rings. The van der Waals surface area contributed by atoms with Crippen molar-refractivity contribution in [3.05, 3.63) is 16.1 Å². The molecule has 0 atom stereocenters.